The first-order valence-electron chi connectivity index (χ1n) is 11.2. The van der Waals surface area contributed by atoms with E-state index in [1.54, 1.807) is 0 Å². The maximum Gasteiger partial charge on any atom is 0.309 e. The lowest BCUT2D eigenvalue weighted by Crippen LogP contribution is -2.49. The van der Waals surface area contributed by atoms with Crippen molar-refractivity contribution in [3.05, 3.63) is 71.1 Å². The van der Waals surface area contributed by atoms with E-state index in [2.05, 4.69) is 53.2 Å². The maximum absolute atomic E-state index is 11.0. The van der Waals surface area contributed by atoms with Crippen LogP contribution >= 0.6 is 0 Å². The third kappa shape index (κ3) is 4.97. The first kappa shape index (κ1) is 22.0. The molecule has 0 unspecified atom stereocenters. The number of benzene rings is 2. The second-order valence-electron chi connectivity index (χ2n) is 8.31. The zero-order chi connectivity index (χ0) is 22.5. The third-order valence-electron chi connectivity index (χ3n) is 5.90. The van der Waals surface area contributed by atoms with Crippen LogP contribution in [0.1, 0.15) is 49.3 Å². The van der Waals surface area contributed by atoms with Crippen molar-refractivity contribution in [2.24, 2.45) is 5.92 Å². The summed E-state index contributed by atoms with van der Waals surface area (Å²) in [6.45, 7) is 6.25. The Morgan fingerprint density at radius 2 is 1.94 bits per heavy atom. The fraction of sp³-hybridized carbons (Fsp3) is 0.346. The van der Waals surface area contributed by atoms with Crippen LogP contribution in [0.2, 0.25) is 0 Å². The summed E-state index contributed by atoms with van der Waals surface area (Å²) in [4.78, 5) is 13.2. The molecule has 2 heterocycles. The summed E-state index contributed by atoms with van der Waals surface area (Å²) in [5.74, 6) is 0.0944. The second-order valence-corrected chi connectivity index (χ2v) is 8.31. The lowest BCUT2D eigenvalue weighted by atomic mass is 9.97. The molecule has 1 N–H and O–H groups in total. The van der Waals surface area contributed by atoms with Crippen molar-refractivity contribution >= 4 is 17.6 Å². The van der Waals surface area contributed by atoms with Gasteiger partial charge in [-0.1, -0.05) is 62.7 Å². The topological polar surface area (TPSA) is 79.5 Å². The van der Waals surface area contributed by atoms with E-state index in [9.17, 15) is 4.79 Å². The third-order valence-corrected chi connectivity index (χ3v) is 5.90. The molecular formula is C26H29N3O3. The van der Waals surface area contributed by atoms with Crippen LogP contribution < -0.4 is 0 Å². The number of aryl methyl sites for hydroxylation is 1. The van der Waals surface area contributed by atoms with Gasteiger partial charge in [-0.3, -0.25) is 9.69 Å². The molecule has 0 amide bonds. The van der Waals surface area contributed by atoms with Gasteiger partial charge in [-0.15, -0.1) is 10.2 Å². The van der Waals surface area contributed by atoms with Crippen molar-refractivity contribution in [1.29, 1.82) is 0 Å². The molecule has 6 nitrogen and oxygen atoms in total. The summed E-state index contributed by atoms with van der Waals surface area (Å²) in [6.07, 6.45) is 4.81. The molecule has 1 saturated heterocycles. The van der Waals surface area contributed by atoms with Gasteiger partial charge in [-0.2, -0.15) is 0 Å². The van der Waals surface area contributed by atoms with Gasteiger partial charge in [-0.05, 0) is 41.2 Å². The molecule has 0 saturated carbocycles. The van der Waals surface area contributed by atoms with Crippen LogP contribution in [0.5, 0.6) is 0 Å². The summed E-state index contributed by atoms with van der Waals surface area (Å²) in [6, 6.07) is 16.6. The number of hydrogen-bond acceptors (Lipinski definition) is 5. The lowest BCUT2D eigenvalue weighted by Gasteiger charge is -2.36. The first-order valence-corrected chi connectivity index (χ1v) is 11.2. The van der Waals surface area contributed by atoms with E-state index in [1.165, 1.54) is 16.7 Å². The van der Waals surface area contributed by atoms with E-state index in [-0.39, 0.29) is 5.92 Å². The average Bonchev–Trinajstić information content (AvgIpc) is 3.24. The average molecular weight is 432 g/mol. The molecule has 1 aliphatic rings. The van der Waals surface area contributed by atoms with E-state index in [4.69, 9.17) is 9.52 Å². The SMILES string of the molecule is CCCC(=Cc1nnc(-c2ccc(CN3CC(C(=O)O)C3)cc2CC)o1)c1ccccc1. The van der Waals surface area contributed by atoms with Crippen LogP contribution in [-0.4, -0.2) is 39.3 Å². The Labute approximate surface area is 188 Å². The van der Waals surface area contributed by atoms with Crippen LogP contribution in [0, 0.1) is 5.92 Å². The summed E-state index contributed by atoms with van der Waals surface area (Å²) in [5.41, 5.74) is 5.62. The van der Waals surface area contributed by atoms with Crippen LogP contribution in [0.25, 0.3) is 23.1 Å². The van der Waals surface area contributed by atoms with Gasteiger partial charge >= 0.3 is 5.97 Å². The zero-order valence-corrected chi connectivity index (χ0v) is 18.6. The minimum Gasteiger partial charge on any atom is -0.481 e. The van der Waals surface area contributed by atoms with Crippen LogP contribution in [0.4, 0.5) is 0 Å². The molecule has 1 fully saturated rings. The molecule has 0 bridgehead atoms. The number of carboxylic acid groups (broad SMARTS) is 1. The molecule has 2 aromatic carbocycles. The van der Waals surface area contributed by atoms with Gasteiger partial charge in [0.2, 0.25) is 11.8 Å². The van der Waals surface area contributed by atoms with Gasteiger partial charge in [0, 0.05) is 31.3 Å². The molecule has 3 aromatic rings. The highest BCUT2D eigenvalue weighted by atomic mass is 16.4. The summed E-state index contributed by atoms with van der Waals surface area (Å²) in [5, 5.41) is 17.6. The van der Waals surface area contributed by atoms with E-state index in [0.29, 0.717) is 24.9 Å². The van der Waals surface area contributed by atoms with Crippen molar-refractivity contribution in [1.82, 2.24) is 15.1 Å². The Balaban J connectivity index is 1.52. The molecular weight excluding hydrogens is 402 g/mol. The Kier molecular flexibility index (Phi) is 6.81. The predicted octanol–water partition coefficient (Wildman–Crippen LogP) is 5.16. The lowest BCUT2D eigenvalue weighted by molar-refractivity contribution is -0.147. The minimum absolute atomic E-state index is 0.238. The fourth-order valence-corrected chi connectivity index (χ4v) is 4.13. The van der Waals surface area contributed by atoms with Crippen molar-refractivity contribution < 1.29 is 14.3 Å². The summed E-state index contributed by atoms with van der Waals surface area (Å²) < 4.78 is 6.03. The quantitative estimate of drug-likeness (QED) is 0.504. The number of hydrogen-bond donors (Lipinski definition) is 1. The van der Waals surface area contributed by atoms with Crippen molar-refractivity contribution in [2.75, 3.05) is 13.1 Å². The van der Waals surface area contributed by atoms with Crippen LogP contribution in [-0.2, 0) is 17.8 Å². The van der Waals surface area contributed by atoms with Gasteiger partial charge in [0.05, 0.1) is 5.92 Å². The Morgan fingerprint density at radius 3 is 2.62 bits per heavy atom. The van der Waals surface area contributed by atoms with E-state index in [1.807, 2.05) is 30.3 Å². The van der Waals surface area contributed by atoms with Crippen LogP contribution in [0.15, 0.2) is 52.9 Å². The Hall–Kier alpha value is -3.25. The second kappa shape index (κ2) is 9.92. The van der Waals surface area contributed by atoms with E-state index < -0.39 is 5.97 Å². The fourth-order valence-electron chi connectivity index (χ4n) is 4.13. The maximum atomic E-state index is 11.0. The first-order chi connectivity index (χ1) is 15.6. The predicted molar refractivity (Wildman–Crippen MR) is 125 cm³/mol. The molecule has 1 aromatic heterocycles. The largest absolute Gasteiger partial charge is 0.481 e. The molecule has 6 heteroatoms. The number of aromatic nitrogens is 2. The number of rotatable bonds is 9. The minimum atomic E-state index is -0.707. The van der Waals surface area contributed by atoms with Crippen molar-refractivity contribution in [3.63, 3.8) is 0 Å². The zero-order valence-electron chi connectivity index (χ0n) is 18.6. The van der Waals surface area contributed by atoms with Crippen molar-refractivity contribution in [2.45, 2.75) is 39.7 Å². The number of nitrogens with zero attached hydrogens (tertiary/aromatic N) is 3. The van der Waals surface area contributed by atoms with Gasteiger partial charge in [0.1, 0.15) is 0 Å². The summed E-state index contributed by atoms with van der Waals surface area (Å²) in [7, 11) is 0. The van der Waals surface area contributed by atoms with Crippen LogP contribution in [0.3, 0.4) is 0 Å². The Bertz CT molecular complexity index is 1100. The highest BCUT2D eigenvalue weighted by Crippen LogP contribution is 2.28. The Morgan fingerprint density at radius 1 is 1.16 bits per heavy atom. The summed E-state index contributed by atoms with van der Waals surface area (Å²) >= 11 is 0. The number of carbonyl (C=O) groups is 1. The van der Waals surface area contributed by atoms with E-state index >= 15 is 0 Å². The molecule has 0 radical (unpaired) electrons. The normalized spacial score (nSPS) is 15.0. The highest BCUT2D eigenvalue weighted by molar-refractivity contribution is 5.79. The molecule has 4 rings (SSSR count). The monoisotopic (exact) mass is 431 g/mol. The highest BCUT2D eigenvalue weighted by Gasteiger charge is 2.32. The molecule has 1 aliphatic heterocycles. The molecule has 166 valence electrons. The molecule has 0 atom stereocenters. The molecule has 32 heavy (non-hydrogen) atoms. The van der Waals surface area contributed by atoms with Gasteiger partial charge in [0.25, 0.3) is 0 Å². The van der Waals surface area contributed by atoms with Gasteiger partial charge < -0.3 is 9.52 Å². The molecule has 0 aliphatic carbocycles. The number of likely N-dealkylation sites (tertiary alicyclic amines) is 1. The number of aliphatic carboxylic acids is 1. The van der Waals surface area contributed by atoms with Gasteiger partial charge in [-0.25, -0.2) is 0 Å². The number of carboxylic acids is 1. The van der Waals surface area contributed by atoms with Gasteiger partial charge in [0.15, 0.2) is 0 Å². The number of allylic oxidation sites excluding steroid dienone is 1. The molecule has 0 spiro atoms. The van der Waals surface area contributed by atoms with E-state index in [0.717, 1.165) is 36.9 Å². The standard InChI is InChI=1S/C26H29N3O3/c1-3-8-21(20-9-6-5-7-10-20)14-24-27-28-25(32-24)23-12-11-18(13-19(23)4-2)15-29-16-22(17-29)26(30)31/h5-7,9-14,22H,3-4,8,15-17H2,1-2H3,(H,30,31). The van der Waals surface area contributed by atoms with Crippen molar-refractivity contribution in [3.8, 4) is 11.5 Å². The smallest absolute Gasteiger partial charge is 0.309 e.